The number of aliphatic imine (C=N–C) groups is 1. The van der Waals surface area contributed by atoms with Gasteiger partial charge in [-0.15, -0.1) is 0 Å². The zero-order chi connectivity index (χ0) is 11.0. The van der Waals surface area contributed by atoms with Crippen molar-refractivity contribution < 1.29 is 4.39 Å². The van der Waals surface area contributed by atoms with Crippen LogP contribution >= 0.6 is 0 Å². The fourth-order valence-corrected chi connectivity index (χ4v) is 2.75. The second kappa shape index (κ2) is 3.89. The lowest BCUT2D eigenvalue weighted by atomic mass is 9.97. The molecular formula is C13H15FN2. The van der Waals surface area contributed by atoms with Gasteiger partial charge in [0.25, 0.3) is 0 Å². The number of hydrogen-bond acceptors (Lipinski definition) is 2. The van der Waals surface area contributed by atoms with Gasteiger partial charge in [-0.05, 0) is 36.0 Å². The van der Waals surface area contributed by atoms with Gasteiger partial charge in [0.2, 0.25) is 0 Å². The van der Waals surface area contributed by atoms with Crippen molar-refractivity contribution in [3.05, 3.63) is 35.1 Å². The van der Waals surface area contributed by atoms with Gasteiger partial charge in [0.15, 0.2) is 0 Å². The third-order valence-corrected chi connectivity index (χ3v) is 3.50. The Morgan fingerprint density at radius 2 is 2.38 bits per heavy atom. The van der Waals surface area contributed by atoms with E-state index in [1.54, 1.807) is 6.07 Å². The van der Waals surface area contributed by atoms with E-state index >= 15 is 0 Å². The summed E-state index contributed by atoms with van der Waals surface area (Å²) in [6, 6.07) is 5.42. The molecule has 1 atom stereocenters. The summed E-state index contributed by atoms with van der Waals surface area (Å²) in [7, 11) is 0. The number of benzene rings is 1. The second-order valence-electron chi connectivity index (χ2n) is 4.51. The first kappa shape index (κ1) is 9.82. The average molecular weight is 218 g/mol. The summed E-state index contributed by atoms with van der Waals surface area (Å²) in [4.78, 5) is 4.38. The number of nitrogens with zero attached hydrogens (tertiary/aromatic N) is 1. The number of aryl methyl sites for hydroxylation is 1. The highest BCUT2D eigenvalue weighted by atomic mass is 19.1. The van der Waals surface area contributed by atoms with E-state index in [2.05, 4.69) is 10.3 Å². The molecule has 3 rings (SSSR count). The lowest BCUT2D eigenvalue weighted by Gasteiger charge is -2.12. The van der Waals surface area contributed by atoms with Gasteiger partial charge >= 0.3 is 0 Å². The summed E-state index contributed by atoms with van der Waals surface area (Å²) in [5.74, 6) is 1.33. The Balaban J connectivity index is 1.85. The summed E-state index contributed by atoms with van der Waals surface area (Å²) in [5, 5.41) is 3.26. The lowest BCUT2D eigenvalue weighted by molar-refractivity contribution is 0.586. The second-order valence-corrected chi connectivity index (χ2v) is 4.51. The molecule has 1 heterocycles. The minimum absolute atomic E-state index is 0.0430. The van der Waals surface area contributed by atoms with Gasteiger partial charge in [-0.3, -0.25) is 4.99 Å². The number of nitrogens with one attached hydrogen (secondary N) is 1. The van der Waals surface area contributed by atoms with Gasteiger partial charge in [0, 0.05) is 13.0 Å². The van der Waals surface area contributed by atoms with Crippen LogP contribution in [0.1, 0.15) is 29.9 Å². The summed E-state index contributed by atoms with van der Waals surface area (Å²) in [5.41, 5.74) is 2.11. The molecular weight excluding hydrogens is 203 g/mol. The SMILES string of the molecule is Fc1cccc2c1C(CC1=NCCN1)CC2. The maximum Gasteiger partial charge on any atom is 0.126 e. The maximum absolute atomic E-state index is 13.8. The third kappa shape index (κ3) is 1.60. The summed E-state index contributed by atoms with van der Waals surface area (Å²) in [6.07, 6.45) is 2.93. The van der Waals surface area contributed by atoms with E-state index in [0.29, 0.717) is 5.92 Å². The molecule has 0 radical (unpaired) electrons. The van der Waals surface area contributed by atoms with E-state index in [9.17, 15) is 4.39 Å². The zero-order valence-corrected chi connectivity index (χ0v) is 9.17. The van der Waals surface area contributed by atoms with E-state index < -0.39 is 0 Å². The van der Waals surface area contributed by atoms with Gasteiger partial charge in [-0.2, -0.15) is 0 Å². The fourth-order valence-electron chi connectivity index (χ4n) is 2.75. The van der Waals surface area contributed by atoms with Crippen LogP contribution in [-0.4, -0.2) is 18.9 Å². The number of fused-ring (bicyclic) bond motifs is 1. The monoisotopic (exact) mass is 218 g/mol. The van der Waals surface area contributed by atoms with Crippen molar-refractivity contribution in [2.45, 2.75) is 25.2 Å². The van der Waals surface area contributed by atoms with Crippen LogP contribution in [0.4, 0.5) is 4.39 Å². The van der Waals surface area contributed by atoms with Crippen LogP contribution in [0.3, 0.4) is 0 Å². The van der Waals surface area contributed by atoms with Crippen LogP contribution in [-0.2, 0) is 6.42 Å². The van der Waals surface area contributed by atoms with E-state index in [1.807, 2.05) is 12.1 Å². The molecule has 1 N–H and O–H groups in total. The Hall–Kier alpha value is -1.38. The molecule has 1 aromatic carbocycles. The van der Waals surface area contributed by atoms with E-state index in [1.165, 1.54) is 5.56 Å². The summed E-state index contributed by atoms with van der Waals surface area (Å²) >= 11 is 0. The van der Waals surface area contributed by atoms with Crippen LogP contribution in [0.25, 0.3) is 0 Å². The molecule has 0 fully saturated rings. The molecule has 2 aliphatic rings. The van der Waals surface area contributed by atoms with Crippen molar-refractivity contribution in [3.63, 3.8) is 0 Å². The topological polar surface area (TPSA) is 24.4 Å². The predicted molar refractivity (Wildman–Crippen MR) is 62.4 cm³/mol. The minimum atomic E-state index is -0.0430. The van der Waals surface area contributed by atoms with Crippen molar-refractivity contribution in [1.29, 1.82) is 0 Å². The Morgan fingerprint density at radius 3 is 3.19 bits per heavy atom. The highest BCUT2D eigenvalue weighted by molar-refractivity contribution is 5.84. The Morgan fingerprint density at radius 1 is 1.44 bits per heavy atom. The highest BCUT2D eigenvalue weighted by Gasteiger charge is 2.27. The minimum Gasteiger partial charge on any atom is -0.372 e. The number of amidine groups is 1. The standard InChI is InChI=1S/C13H15FN2/c14-11-3-1-2-9-4-5-10(13(9)11)8-12-15-6-7-16-12/h1-3,10H,4-8H2,(H,15,16). The van der Waals surface area contributed by atoms with Gasteiger partial charge in [0.1, 0.15) is 5.82 Å². The summed E-state index contributed by atoms with van der Waals surface area (Å²) < 4.78 is 13.8. The molecule has 1 aliphatic heterocycles. The molecule has 0 saturated carbocycles. The summed E-state index contributed by atoms with van der Waals surface area (Å²) in [6.45, 7) is 1.80. The van der Waals surface area contributed by atoms with Crippen molar-refractivity contribution in [1.82, 2.24) is 5.32 Å². The molecule has 1 aliphatic carbocycles. The molecule has 3 heteroatoms. The smallest absolute Gasteiger partial charge is 0.126 e. The quantitative estimate of drug-likeness (QED) is 0.809. The van der Waals surface area contributed by atoms with Crippen molar-refractivity contribution >= 4 is 5.84 Å². The molecule has 0 bridgehead atoms. The van der Waals surface area contributed by atoms with Crippen LogP contribution in [0.2, 0.25) is 0 Å². The normalized spacial score (nSPS) is 22.8. The van der Waals surface area contributed by atoms with Gasteiger partial charge < -0.3 is 5.32 Å². The molecule has 16 heavy (non-hydrogen) atoms. The number of halogens is 1. The number of rotatable bonds is 2. The molecule has 0 spiro atoms. The first-order valence-electron chi connectivity index (χ1n) is 5.89. The fraction of sp³-hybridized carbons (Fsp3) is 0.462. The molecule has 0 amide bonds. The van der Waals surface area contributed by atoms with E-state index in [-0.39, 0.29) is 5.82 Å². The Bertz CT molecular complexity index is 440. The average Bonchev–Trinajstić information content (AvgIpc) is 2.90. The van der Waals surface area contributed by atoms with Crippen molar-refractivity contribution in [3.8, 4) is 0 Å². The molecule has 2 nitrogen and oxygen atoms in total. The molecule has 1 unspecified atom stereocenters. The van der Waals surface area contributed by atoms with E-state index in [0.717, 1.165) is 43.8 Å². The zero-order valence-electron chi connectivity index (χ0n) is 9.17. The van der Waals surface area contributed by atoms with Crippen molar-refractivity contribution in [2.75, 3.05) is 13.1 Å². The lowest BCUT2D eigenvalue weighted by Crippen LogP contribution is -2.20. The van der Waals surface area contributed by atoms with Gasteiger partial charge in [-0.1, -0.05) is 12.1 Å². The largest absolute Gasteiger partial charge is 0.372 e. The van der Waals surface area contributed by atoms with Gasteiger partial charge in [0.05, 0.1) is 12.4 Å². The Kier molecular flexibility index (Phi) is 2.39. The molecule has 84 valence electrons. The molecule has 1 aromatic rings. The third-order valence-electron chi connectivity index (χ3n) is 3.50. The van der Waals surface area contributed by atoms with Crippen LogP contribution in [0.5, 0.6) is 0 Å². The molecule has 0 saturated heterocycles. The molecule has 0 aromatic heterocycles. The van der Waals surface area contributed by atoms with Crippen molar-refractivity contribution in [2.24, 2.45) is 4.99 Å². The van der Waals surface area contributed by atoms with E-state index in [4.69, 9.17) is 0 Å². The van der Waals surface area contributed by atoms with Crippen LogP contribution < -0.4 is 5.32 Å². The van der Waals surface area contributed by atoms with Crippen LogP contribution in [0.15, 0.2) is 23.2 Å². The van der Waals surface area contributed by atoms with Gasteiger partial charge in [-0.25, -0.2) is 4.39 Å². The Labute approximate surface area is 94.6 Å². The predicted octanol–water partition coefficient (Wildman–Crippen LogP) is 2.25. The first-order valence-corrected chi connectivity index (χ1v) is 5.89. The maximum atomic E-state index is 13.8. The number of hydrogen-bond donors (Lipinski definition) is 1. The highest BCUT2D eigenvalue weighted by Crippen LogP contribution is 2.37. The first-order chi connectivity index (χ1) is 7.84. The van der Waals surface area contributed by atoms with Crippen LogP contribution in [0, 0.1) is 5.82 Å².